The molecule has 2 N–H and O–H groups in total. The van der Waals surface area contributed by atoms with Crippen LogP contribution in [0.25, 0.3) is 0 Å². The van der Waals surface area contributed by atoms with E-state index >= 15 is 0 Å². The molecule has 0 atom stereocenters. The predicted molar refractivity (Wildman–Crippen MR) is 94.9 cm³/mol. The van der Waals surface area contributed by atoms with Crippen molar-refractivity contribution in [2.45, 2.75) is 0 Å². The standard InChI is InChI=1S/C19H16FN3O2/c1-25-16-10-8-14(9-11-16)22-18-17(3-2-12-21-18)19(24)23-15-6-4-13(20)5-7-15/h2-12H,1H3,(H,21,22)(H,23,24). The maximum atomic E-state index is 13.0. The monoisotopic (exact) mass is 337 g/mol. The molecule has 1 aromatic heterocycles. The third kappa shape index (κ3) is 4.11. The molecule has 3 aromatic rings. The van der Waals surface area contributed by atoms with Crippen LogP contribution in [-0.2, 0) is 0 Å². The summed E-state index contributed by atoms with van der Waals surface area (Å²) < 4.78 is 18.1. The number of carbonyl (C=O) groups excluding carboxylic acids is 1. The smallest absolute Gasteiger partial charge is 0.259 e. The largest absolute Gasteiger partial charge is 0.497 e. The van der Waals surface area contributed by atoms with Crippen molar-refractivity contribution in [3.8, 4) is 5.75 Å². The van der Waals surface area contributed by atoms with Gasteiger partial charge in [-0.2, -0.15) is 0 Å². The first-order chi connectivity index (χ1) is 12.2. The number of hydrogen-bond acceptors (Lipinski definition) is 4. The molecule has 0 bridgehead atoms. The third-order valence-corrected chi connectivity index (χ3v) is 3.51. The van der Waals surface area contributed by atoms with E-state index in [9.17, 15) is 9.18 Å². The highest BCUT2D eigenvalue weighted by Gasteiger charge is 2.13. The number of rotatable bonds is 5. The van der Waals surface area contributed by atoms with Gasteiger partial charge in [-0.1, -0.05) is 0 Å². The Morgan fingerprint density at radius 1 is 1.00 bits per heavy atom. The molecule has 0 fully saturated rings. The number of halogens is 1. The fourth-order valence-electron chi connectivity index (χ4n) is 2.23. The molecule has 25 heavy (non-hydrogen) atoms. The van der Waals surface area contributed by atoms with E-state index in [1.54, 1.807) is 25.4 Å². The van der Waals surface area contributed by atoms with Crippen LogP contribution in [0.4, 0.5) is 21.6 Å². The Bertz CT molecular complexity index is 865. The van der Waals surface area contributed by atoms with Gasteiger partial charge < -0.3 is 15.4 Å². The van der Waals surface area contributed by atoms with Gasteiger partial charge in [0.05, 0.1) is 12.7 Å². The van der Waals surface area contributed by atoms with Crippen LogP contribution >= 0.6 is 0 Å². The summed E-state index contributed by atoms with van der Waals surface area (Å²) >= 11 is 0. The van der Waals surface area contributed by atoms with Crippen LogP contribution < -0.4 is 15.4 Å². The predicted octanol–water partition coefficient (Wildman–Crippen LogP) is 4.23. The second-order valence-corrected chi connectivity index (χ2v) is 5.21. The Labute approximate surface area is 144 Å². The van der Waals surface area contributed by atoms with Crippen molar-refractivity contribution in [2.75, 3.05) is 17.7 Å². The fourth-order valence-corrected chi connectivity index (χ4v) is 2.23. The second-order valence-electron chi connectivity index (χ2n) is 5.21. The lowest BCUT2D eigenvalue weighted by Crippen LogP contribution is -2.14. The highest BCUT2D eigenvalue weighted by Crippen LogP contribution is 2.22. The summed E-state index contributed by atoms with van der Waals surface area (Å²) in [4.78, 5) is 16.7. The van der Waals surface area contributed by atoms with Crippen molar-refractivity contribution in [2.24, 2.45) is 0 Å². The van der Waals surface area contributed by atoms with Gasteiger partial charge in [0.25, 0.3) is 5.91 Å². The van der Waals surface area contributed by atoms with E-state index in [4.69, 9.17) is 4.74 Å². The molecule has 126 valence electrons. The van der Waals surface area contributed by atoms with E-state index in [2.05, 4.69) is 15.6 Å². The quantitative estimate of drug-likeness (QED) is 0.731. The normalized spacial score (nSPS) is 10.2. The average Bonchev–Trinajstić information content (AvgIpc) is 2.64. The molecule has 0 spiro atoms. The van der Waals surface area contributed by atoms with Crippen LogP contribution in [0.1, 0.15) is 10.4 Å². The van der Waals surface area contributed by atoms with Gasteiger partial charge in [-0.25, -0.2) is 9.37 Å². The molecule has 0 unspecified atom stereocenters. The van der Waals surface area contributed by atoms with Gasteiger partial charge in [0.2, 0.25) is 0 Å². The number of pyridine rings is 1. The minimum absolute atomic E-state index is 0.337. The summed E-state index contributed by atoms with van der Waals surface area (Å²) in [7, 11) is 1.60. The zero-order valence-electron chi connectivity index (χ0n) is 13.5. The first-order valence-corrected chi connectivity index (χ1v) is 7.59. The molecule has 0 saturated carbocycles. The Hall–Kier alpha value is -3.41. The summed E-state index contributed by atoms with van der Waals surface area (Å²) in [6.45, 7) is 0. The zero-order valence-corrected chi connectivity index (χ0v) is 13.5. The minimum atomic E-state index is -0.360. The number of amides is 1. The maximum Gasteiger partial charge on any atom is 0.259 e. The molecular weight excluding hydrogens is 321 g/mol. The lowest BCUT2D eigenvalue weighted by molar-refractivity contribution is 0.102. The van der Waals surface area contributed by atoms with Gasteiger partial charge >= 0.3 is 0 Å². The molecule has 6 heteroatoms. The Morgan fingerprint density at radius 2 is 1.68 bits per heavy atom. The fraction of sp³-hybridized carbons (Fsp3) is 0.0526. The van der Waals surface area contributed by atoms with Crippen LogP contribution in [0.3, 0.4) is 0 Å². The summed E-state index contributed by atoms with van der Waals surface area (Å²) in [6, 6.07) is 16.2. The van der Waals surface area contributed by atoms with E-state index in [0.29, 0.717) is 17.1 Å². The molecule has 2 aromatic carbocycles. The van der Waals surface area contributed by atoms with Crippen LogP contribution in [-0.4, -0.2) is 18.0 Å². The average molecular weight is 337 g/mol. The van der Waals surface area contributed by atoms with Gasteiger partial charge in [0, 0.05) is 17.6 Å². The molecule has 0 aliphatic rings. The molecule has 1 heterocycles. The minimum Gasteiger partial charge on any atom is -0.497 e. The third-order valence-electron chi connectivity index (χ3n) is 3.51. The van der Waals surface area contributed by atoms with E-state index in [1.165, 1.54) is 24.3 Å². The number of methoxy groups -OCH3 is 1. The van der Waals surface area contributed by atoms with Crippen molar-refractivity contribution >= 4 is 23.1 Å². The van der Waals surface area contributed by atoms with Gasteiger partial charge in [-0.15, -0.1) is 0 Å². The first kappa shape index (κ1) is 16.4. The molecule has 3 rings (SSSR count). The van der Waals surface area contributed by atoms with E-state index in [0.717, 1.165) is 11.4 Å². The van der Waals surface area contributed by atoms with Crippen molar-refractivity contribution in [3.63, 3.8) is 0 Å². The first-order valence-electron chi connectivity index (χ1n) is 7.59. The van der Waals surface area contributed by atoms with Crippen LogP contribution in [0, 0.1) is 5.82 Å². The highest BCUT2D eigenvalue weighted by molar-refractivity contribution is 6.07. The SMILES string of the molecule is COc1ccc(Nc2ncccc2C(=O)Nc2ccc(F)cc2)cc1. The van der Waals surface area contributed by atoms with Crippen molar-refractivity contribution in [1.29, 1.82) is 0 Å². The van der Waals surface area contributed by atoms with Gasteiger partial charge in [0.15, 0.2) is 0 Å². The molecule has 0 aliphatic carbocycles. The summed E-state index contributed by atoms with van der Waals surface area (Å²) in [5.74, 6) is 0.463. The van der Waals surface area contributed by atoms with E-state index in [-0.39, 0.29) is 11.7 Å². The Balaban J connectivity index is 1.79. The van der Waals surface area contributed by atoms with Crippen LogP contribution in [0.2, 0.25) is 0 Å². The molecule has 1 amide bonds. The van der Waals surface area contributed by atoms with Gasteiger partial charge in [0.1, 0.15) is 17.4 Å². The molecule has 0 saturated heterocycles. The summed E-state index contributed by atoms with van der Waals surface area (Å²) in [6.07, 6.45) is 1.60. The lowest BCUT2D eigenvalue weighted by Gasteiger charge is -2.11. The molecule has 0 aliphatic heterocycles. The van der Waals surface area contributed by atoms with E-state index < -0.39 is 0 Å². The molecule has 5 nitrogen and oxygen atoms in total. The number of aromatic nitrogens is 1. The number of hydrogen-bond donors (Lipinski definition) is 2. The van der Waals surface area contributed by atoms with Crippen LogP contribution in [0.5, 0.6) is 5.75 Å². The Kier molecular flexibility index (Phi) is 4.89. The number of nitrogens with one attached hydrogen (secondary N) is 2. The number of ether oxygens (including phenoxy) is 1. The van der Waals surface area contributed by atoms with Gasteiger partial charge in [-0.3, -0.25) is 4.79 Å². The van der Waals surface area contributed by atoms with Crippen molar-refractivity contribution in [3.05, 3.63) is 78.2 Å². The second kappa shape index (κ2) is 7.44. The van der Waals surface area contributed by atoms with Crippen LogP contribution in [0.15, 0.2) is 66.9 Å². The topological polar surface area (TPSA) is 63.2 Å². The Morgan fingerprint density at radius 3 is 2.36 bits per heavy atom. The van der Waals surface area contributed by atoms with Crippen molar-refractivity contribution in [1.82, 2.24) is 4.98 Å². The number of carbonyl (C=O) groups is 1. The number of nitrogens with zero attached hydrogens (tertiary/aromatic N) is 1. The zero-order chi connectivity index (χ0) is 17.6. The van der Waals surface area contributed by atoms with Crippen molar-refractivity contribution < 1.29 is 13.9 Å². The molecule has 0 radical (unpaired) electrons. The lowest BCUT2D eigenvalue weighted by atomic mass is 10.2. The summed E-state index contributed by atoms with van der Waals surface area (Å²) in [5.41, 5.74) is 1.66. The molecular formula is C19H16FN3O2. The highest BCUT2D eigenvalue weighted by atomic mass is 19.1. The summed E-state index contributed by atoms with van der Waals surface area (Å²) in [5, 5.41) is 5.84. The van der Waals surface area contributed by atoms with Gasteiger partial charge in [-0.05, 0) is 60.7 Å². The number of benzene rings is 2. The number of anilines is 3. The van der Waals surface area contributed by atoms with E-state index in [1.807, 2.05) is 24.3 Å². The maximum absolute atomic E-state index is 13.0.